The van der Waals surface area contributed by atoms with Gasteiger partial charge in [-0.1, -0.05) is 46.3 Å². The van der Waals surface area contributed by atoms with Crippen LogP contribution >= 0.6 is 15.9 Å². The van der Waals surface area contributed by atoms with Crippen molar-refractivity contribution >= 4 is 26.8 Å². The number of aromatic nitrogens is 2. The number of rotatable bonds is 2. The van der Waals surface area contributed by atoms with Crippen LogP contribution in [0, 0.1) is 5.21 Å². The van der Waals surface area contributed by atoms with Gasteiger partial charge in [0.2, 0.25) is 0 Å². The smallest absolute Gasteiger partial charge is 0.334 e. The van der Waals surface area contributed by atoms with Crippen molar-refractivity contribution in [3.8, 4) is 22.6 Å². The molecule has 0 N–H and O–H groups in total. The van der Waals surface area contributed by atoms with E-state index in [4.69, 9.17) is 0 Å². The Labute approximate surface area is 147 Å². The van der Waals surface area contributed by atoms with E-state index in [2.05, 4.69) is 20.9 Å². The Bertz CT molecular complexity index is 1010. The van der Waals surface area contributed by atoms with Crippen LogP contribution in [0.2, 0.25) is 0 Å². The fraction of sp³-hybridized carbons (Fsp3) is 0. The third-order valence-electron chi connectivity index (χ3n) is 3.93. The lowest BCUT2D eigenvalue weighted by Crippen LogP contribution is -2.33. The van der Waals surface area contributed by atoms with Crippen molar-refractivity contribution in [2.45, 2.75) is 0 Å². The number of nitrogens with zero attached hydrogens (tertiary/aromatic N) is 2. The van der Waals surface area contributed by atoms with E-state index in [1.807, 2.05) is 78.9 Å². The van der Waals surface area contributed by atoms with Crippen molar-refractivity contribution in [3.05, 3.63) is 88.5 Å². The first kappa shape index (κ1) is 14.8. The molecule has 3 aromatic carbocycles. The highest BCUT2D eigenvalue weighted by molar-refractivity contribution is 9.10. The van der Waals surface area contributed by atoms with Crippen LogP contribution in [0.1, 0.15) is 0 Å². The van der Waals surface area contributed by atoms with E-state index in [9.17, 15) is 5.21 Å². The van der Waals surface area contributed by atoms with Crippen molar-refractivity contribution < 1.29 is 4.73 Å². The largest absolute Gasteiger partial charge is 0.710 e. The van der Waals surface area contributed by atoms with Crippen molar-refractivity contribution in [1.82, 2.24) is 4.98 Å². The van der Waals surface area contributed by atoms with Gasteiger partial charge < -0.3 is 5.21 Å². The standard InChI is InChI=1S/C20H13BrN2O/c21-16-12-10-14(11-13-16)19-17-8-4-5-9-18(17)22-20(23(19)24)15-6-2-1-3-7-15/h1-13H. The first-order valence-corrected chi connectivity index (χ1v) is 8.37. The number of hydrogen-bond acceptors (Lipinski definition) is 2. The van der Waals surface area contributed by atoms with Crippen LogP contribution in [0.5, 0.6) is 0 Å². The van der Waals surface area contributed by atoms with Crippen molar-refractivity contribution in [2.75, 3.05) is 0 Å². The second-order valence-corrected chi connectivity index (χ2v) is 6.38. The van der Waals surface area contributed by atoms with Crippen LogP contribution in [-0.4, -0.2) is 4.98 Å². The van der Waals surface area contributed by atoms with Gasteiger partial charge in [0, 0.05) is 10.0 Å². The molecule has 4 rings (SSSR count). The Morgan fingerprint density at radius 2 is 1.42 bits per heavy atom. The summed E-state index contributed by atoms with van der Waals surface area (Å²) in [5.74, 6) is 0.409. The summed E-state index contributed by atoms with van der Waals surface area (Å²) in [6.07, 6.45) is 0. The molecular formula is C20H13BrN2O. The molecule has 0 saturated heterocycles. The average Bonchev–Trinajstić information content (AvgIpc) is 2.63. The van der Waals surface area contributed by atoms with Gasteiger partial charge in [0.1, 0.15) is 5.69 Å². The first-order valence-electron chi connectivity index (χ1n) is 7.58. The summed E-state index contributed by atoms with van der Waals surface area (Å²) in [6.45, 7) is 0. The Balaban J connectivity index is 2.07. The molecule has 0 aliphatic carbocycles. The van der Waals surface area contributed by atoms with Gasteiger partial charge in [-0.05, 0) is 53.5 Å². The van der Waals surface area contributed by atoms with E-state index in [0.29, 0.717) is 11.5 Å². The number of benzene rings is 3. The predicted molar refractivity (Wildman–Crippen MR) is 99.3 cm³/mol. The summed E-state index contributed by atoms with van der Waals surface area (Å²) in [5, 5.41) is 14.0. The molecule has 0 bridgehead atoms. The molecule has 1 aromatic heterocycles. The van der Waals surface area contributed by atoms with Crippen LogP contribution in [0.3, 0.4) is 0 Å². The number of hydrogen-bond donors (Lipinski definition) is 0. The highest BCUT2D eigenvalue weighted by atomic mass is 79.9. The number of para-hydroxylation sites is 1. The molecule has 0 amide bonds. The van der Waals surface area contributed by atoms with E-state index in [1.54, 1.807) is 0 Å². The Kier molecular flexibility index (Phi) is 3.75. The summed E-state index contributed by atoms with van der Waals surface area (Å²) >= 11 is 3.44. The molecular weight excluding hydrogens is 364 g/mol. The number of halogens is 1. The second-order valence-electron chi connectivity index (χ2n) is 5.47. The maximum atomic E-state index is 13.1. The van der Waals surface area contributed by atoms with Gasteiger partial charge in [0.15, 0.2) is 5.52 Å². The van der Waals surface area contributed by atoms with Gasteiger partial charge in [0.25, 0.3) is 0 Å². The SMILES string of the molecule is [O-][n+]1c(-c2ccccc2)nc2ccccc2c1-c1ccc(Br)cc1. The molecule has 24 heavy (non-hydrogen) atoms. The van der Waals surface area contributed by atoms with Gasteiger partial charge in [-0.15, -0.1) is 0 Å². The maximum Gasteiger partial charge on any atom is 0.334 e. The Morgan fingerprint density at radius 1 is 0.750 bits per heavy atom. The normalized spacial score (nSPS) is 10.9. The molecule has 0 atom stereocenters. The van der Waals surface area contributed by atoms with Crippen molar-refractivity contribution in [3.63, 3.8) is 0 Å². The zero-order chi connectivity index (χ0) is 16.5. The molecule has 116 valence electrons. The molecule has 0 saturated carbocycles. The molecule has 0 fully saturated rings. The highest BCUT2D eigenvalue weighted by Crippen LogP contribution is 2.28. The lowest BCUT2D eigenvalue weighted by molar-refractivity contribution is -0.583. The lowest BCUT2D eigenvalue weighted by atomic mass is 10.1. The monoisotopic (exact) mass is 376 g/mol. The molecule has 1 heterocycles. The minimum absolute atomic E-state index is 0.409. The zero-order valence-corrected chi connectivity index (χ0v) is 14.3. The molecule has 0 unspecified atom stereocenters. The molecule has 0 spiro atoms. The van der Waals surface area contributed by atoms with Crippen LogP contribution in [0.4, 0.5) is 0 Å². The summed E-state index contributed by atoms with van der Waals surface area (Å²) in [6, 6.07) is 25.0. The molecule has 0 radical (unpaired) electrons. The van der Waals surface area contributed by atoms with Crippen LogP contribution in [0.25, 0.3) is 33.5 Å². The fourth-order valence-corrected chi connectivity index (χ4v) is 3.06. The quantitative estimate of drug-likeness (QED) is 0.366. The Morgan fingerprint density at radius 3 is 2.17 bits per heavy atom. The van der Waals surface area contributed by atoms with E-state index in [-0.39, 0.29) is 0 Å². The summed E-state index contributed by atoms with van der Waals surface area (Å²) in [5.41, 5.74) is 3.09. The third kappa shape index (κ3) is 2.55. The second kappa shape index (κ2) is 6.06. The van der Waals surface area contributed by atoms with Gasteiger partial charge in [0.05, 0.1) is 10.9 Å². The van der Waals surface area contributed by atoms with Crippen LogP contribution in [0.15, 0.2) is 83.3 Å². The molecule has 3 nitrogen and oxygen atoms in total. The van der Waals surface area contributed by atoms with Crippen LogP contribution in [-0.2, 0) is 0 Å². The van der Waals surface area contributed by atoms with Gasteiger partial charge in [-0.2, -0.15) is 0 Å². The summed E-state index contributed by atoms with van der Waals surface area (Å²) in [4.78, 5) is 4.59. The summed E-state index contributed by atoms with van der Waals surface area (Å²) < 4.78 is 1.91. The highest BCUT2D eigenvalue weighted by Gasteiger charge is 2.20. The zero-order valence-electron chi connectivity index (χ0n) is 12.7. The Hall–Kier alpha value is -2.72. The fourth-order valence-electron chi connectivity index (χ4n) is 2.80. The molecule has 0 aliphatic heterocycles. The predicted octanol–water partition coefficient (Wildman–Crippen LogP) is 4.96. The first-order chi connectivity index (χ1) is 11.7. The van der Waals surface area contributed by atoms with Crippen LogP contribution < -0.4 is 4.73 Å². The topological polar surface area (TPSA) is 39.8 Å². The van der Waals surface area contributed by atoms with Crippen molar-refractivity contribution in [1.29, 1.82) is 0 Å². The third-order valence-corrected chi connectivity index (χ3v) is 4.46. The van der Waals surface area contributed by atoms with Gasteiger partial charge in [-0.3, -0.25) is 0 Å². The van der Waals surface area contributed by atoms with E-state index in [0.717, 1.165) is 31.2 Å². The minimum Gasteiger partial charge on any atom is -0.710 e. The van der Waals surface area contributed by atoms with E-state index >= 15 is 0 Å². The summed E-state index contributed by atoms with van der Waals surface area (Å²) in [7, 11) is 0. The average molecular weight is 377 g/mol. The minimum atomic E-state index is 0.409. The van der Waals surface area contributed by atoms with Gasteiger partial charge >= 0.3 is 5.82 Å². The van der Waals surface area contributed by atoms with Gasteiger partial charge in [-0.25, -0.2) is 4.73 Å². The van der Waals surface area contributed by atoms with E-state index in [1.165, 1.54) is 0 Å². The van der Waals surface area contributed by atoms with E-state index < -0.39 is 0 Å². The maximum absolute atomic E-state index is 13.1. The van der Waals surface area contributed by atoms with Crippen molar-refractivity contribution in [2.24, 2.45) is 0 Å². The molecule has 4 heteroatoms. The lowest BCUT2D eigenvalue weighted by Gasteiger charge is -2.14. The number of fused-ring (bicyclic) bond motifs is 1. The molecule has 4 aromatic rings. The molecule has 0 aliphatic rings.